The SMILES string of the molecule is Cc1ccc2c(-c3cc(C(N)=O)nc4[nH]ncc34)c[nH]c2c1. The molecule has 108 valence electrons. The average molecular weight is 291 g/mol. The maximum atomic E-state index is 11.5. The summed E-state index contributed by atoms with van der Waals surface area (Å²) in [4.78, 5) is 19.0. The van der Waals surface area contributed by atoms with Gasteiger partial charge in [-0.05, 0) is 30.2 Å². The van der Waals surface area contributed by atoms with Crippen LogP contribution in [0.2, 0.25) is 0 Å². The van der Waals surface area contributed by atoms with E-state index in [1.54, 1.807) is 12.3 Å². The molecule has 4 N–H and O–H groups in total. The molecule has 4 rings (SSSR count). The molecule has 3 aromatic heterocycles. The van der Waals surface area contributed by atoms with E-state index in [0.29, 0.717) is 5.65 Å². The van der Waals surface area contributed by atoms with Crippen molar-refractivity contribution in [1.29, 1.82) is 0 Å². The average Bonchev–Trinajstić information content (AvgIpc) is 3.11. The molecule has 0 bridgehead atoms. The highest BCUT2D eigenvalue weighted by molar-refractivity contribution is 6.05. The first kappa shape index (κ1) is 12.6. The van der Waals surface area contributed by atoms with Crippen molar-refractivity contribution in [2.24, 2.45) is 5.73 Å². The quantitative estimate of drug-likeness (QED) is 0.529. The van der Waals surface area contributed by atoms with Crippen LogP contribution in [-0.4, -0.2) is 26.1 Å². The molecule has 0 aliphatic carbocycles. The number of hydrogen-bond acceptors (Lipinski definition) is 3. The first-order chi connectivity index (χ1) is 10.6. The predicted molar refractivity (Wildman–Crippen MR) is 84.4 cm³/mol. The highest BCUT2D eigenvalue weighted by Crippen LogP contribution is 2.33. The van der Waals surface area contributed by atoms with E-state index in [-0.39, 0.29) is 5.69 Å². The summed E-state index contributed by atoms with van der Waals surface area (Å²) in [5.74, 6) is -0.562. The fraction of sp³-hybridized carbons (Fsp3) is 0.0625. The molecular weight excluding hydrogens is 278 g/mol. The molecule has 0 saturated carbocycles. The maximum absolute atomic E-state index is 11.5. The van der Waals surface area contributed by atoms with Crippen LogP contribution in [0.3, 0.4) is 0 Å². The Morgan fingerprint density at radius 2 is 2.05 bits per heavy atom. The topological polar surface area (TPSA) is 100 Å². The normalized spacial score (nSPS) is 11.3. The van der Waals surface area contributed by atoms with Gasteiger partial charge in [0.1, 0.15) is 5.69 Å². The highest BCUT2D eigenvalue weighted by Gasteiger charge is 2.15. The van der Waals surface area contributed by atoms with Crippen molar-refractivity contribution in [2.45, 2.75) is 6.92 Å². The summed E-state index contributed by atoms with van der Waals surface area (Å²) in [5.41, 5.74) is 10.2. The first-order valence-electron chi connectivity index (χ1n) is 6.85. The third kappa shape index (κ3) is 1.77. The number of benzene rings is 1. The molecule has 0 spiro atoms. The number of pyridine rings is 1. The molecule has 0 unspecified atom stereocenters. The summed E-state index contributed by atoms with van der Waals surface area (Å²) in [6.45, 7) is 2.05. The Balaban J connectivity index is 2.07. The Morgan fingerprint density at radius 1 is 1.18 bits per heavy atom. The molecule has 0 atom stereocenters. The van der Waals surface area contributed by atoms with Gasteiger partial charge in [0.25, 0.3) is 5.91 Å². The van der Waals surface area contributed by atoms with Crippen LogP contribution < -0.4 is 5.73 Å². The summed E-state index contributed by atoms with van der Waals surface area (Å²) < 4.78 is 0. The van der Waals surface area contributed by atoms with Gasteiger partial charge in [-0.1, -0.05) is 12.1 Å². The second kappa shape index (κ2) is 4.42. The Morgan fingerprint density at radius 3 is 2.86 bits per heavy atom. The van der Waals surface area contributed by atoms with E-state index in [9.17, 15) is 4.79 Å². The number of nitrogens with one attached hydrogen (secondary N) is 2. The number of primary amides is 1. The summed E-state index contributed by atoms with van der Waals surface area (Å²) in [6.07, 6.45) is 3.63. The van der Waals surface area contributed by atoms with Gasteiger partial charge in [-0.15, -0.1) is 0 Å². The van der Waals surface area contributed by atoms with E-state index >= 15 is 0 Å². The second-order valence-electron chi connectivity index (χ2n) is 5.30. The lowest BCUT2D eigenvalue weighted by Gasteiger charge is -2.04. The number of H-pyrrole nitrogens is 2. The smallest absolute Gasteiger partial charge is 0.267 e. The van der Waals surface area contributed by atoms with Crippen molar-refractivity contribution in [3.8, 4) is 11.1 Å². The summed E-state index contributed by atoms with van der Waals surface area (Å²) in [6, 6.07) is 7.92. The number of nitrogens with two attached hydrogens (primary N) is 1. The van der Waals surface area contributed by atoms with Crippen molar-refractivity contribution < 1.29 is 4.79 Å². The van der Waals surface area contributed by atoms with Crippen LogP contribution in [0.15, 0.2) is 36.7 Å². The minimum absolute atomic E-state index is 0.216. The van der Waals surface area contributed by atoms with Crippen molar-refractivity contribution >= 4 is 27.8 Å². The highest BCUT2D eigenvalue weighted by atomic mass is 16.1. The zero-order valence-corrected chi connectivity index (χ0v) is 11.8. The molecule has 22 heavy (non-hydrogen) atoms. The standard InChI is InChI=1S/C16H13N5O/c1-8-2-3-9-11(6-18-13(9)4-8)10-5-14(15(17)22)20-16-12(10)7-19-21-16/h2-7,18H,1H3,(H2,17,22)(H,19,20,21). The van der Waals surface area contributed by atoms with E-state index in [2.05, 4.69) is 38.4 Å². The Kier molecular flexibility index (Phi) is 2.53. The molecular formula is C16H13N5O. The number of hydrogen-bond donors (Lipinski definition) is 3. The van der Waals surface area contributed by atoms with E-state index in [4.69, 9.17) is 5.73 Å². The zero-order valence-electron chi connectivity index (χ0n) is 11.8. The summed E-state index contributed by atoms with van der Waals surface area (Å²) in [7, 11) is 0. The molecule has 3 heterocycles. The molecule has 0 aliphatic heterocycles. The second-order valence-corrected chi connectivity index (χ2v) is 5.30. The number of aryl methyl sites for hydroxylation is 1. The van der Waals surface area contributed by atoms with Crippen LogP contribution in [0, 0.1) is 6.92 Å². The van der Waals surface area contributed by atoms with Crippen molar-refractivity contribution in [2.75, 3.05) is 0 Å². The monoisotopic (exact) mass is 291 g/mol. The van der Waals surface area contributed by atoms with Gasteiger partial charge in [-0.25, -0.2) is 4.98 Å². The van der Waals surface area contributed by atoms with Crippen molar-refractivity contribution in [3.63, 3.8) is 0 Å². The van der Waals surface area contributed by atoms with Gasteiger partial charge in [0, 0.05) is 28.0 Å². The van der Waals surface area contributed by atoms with Crippen molar-refractivity contribution in [3.05, 3.63) is 47.9 Å². The number of rotatable bonds is 2. The lowest BCUT2D eigenvalue weighted by molar-refractivity contribution is 0.0996. The van der Waals surface area contributed by atoms with Crippen LogP contribution in [0.25, 0.3) is 33.1 Å². The summed E-state index contributed by atoms with van der Waals surface area (Å²) in [5, 5.41) is 8.74. The lowest BCUT2D eigenvalue weighted by Crippen LogP contribution is -2.13. The Bertz CT molecular complexity index is 1030. The van der Waals surface area contributed by atoms with Gasteiger partial charge in [-0.2, -0.15) is 5.10 Å². The number of aromatic amines is 2. The van der Waals surface area contributed by atoms with E-state index < -0.39 is 5.91 Å². The van der Waals surface area contributed by atoms with Crippen LogP contribution >= 0.6 is 0 Å². The third-order valence-corrected chi connectivity index (χ3v) is 3.80. The van der Waals surface area contributed by atoms with Crippen LogP contribution in [0.1, 0.15) is 16.1 Å². The molecule has 4 aromatic rings. The lowest BCUT2D eigenvalue weighted by atomic mass is 10.0. The van der Waals surface area contributed by atoms with E-state index in [0.717, 1.165) is 27.4 Å². The number of carbonyl (C=O) groups excluding carboxylic acids is 1. The van der Waals surface area contributed by atoms with Gasteiger partial charge in [0.15, 0.2) is 5.65 Å². The number of fused-ring (bicyclic) bond motifs is 2. The molecule has 1 aromatic carbocycles. The van der Waals surface area contributed by atoms with Gasteiger partial charge in [0.05, 0.1) is 6.20 Å². The molecule has 6 nitrogen and oxygen atoms in total. The van der Waals surface area contributed by atoms with Crippen molar-refractivity contribution in [1.82, 2.24) is 20.2 Å². The fourth-order valence-corrected chi connectivity index (χ4v) is 2.74. The first-order valence-corrected chi connectivity index (χ1v) is 6.85. The molecule has 0 aliphatic rings. The fourth-order valence-electron chi connectivity index (χ4n) is 2.74. The minimum atomic E-state index is -0.562. The Labute approximate surface area is 125 Å². The number of nitrogens with zero attached hydrogens (tertiary/aromatic N) is 2. The maximum Gasteiger partial charge on any atom is 0.267 e. The van der Waals surface area contributed by atoms with Crippen LogP contribution in [0.5, 0.6) is 0 Å². The van der Waals surface area contributed by atoms with Gasteiger partial charge in [-0.3, -0.25) is 9.89 Å². The number of aromatic nitrogens is 4. The van der Waals surface area contributed by atoms with Crippen LogP contribution in [-0.2, 0) is 0 Å². The minimum Gasteiger partial charge on any atom is -0.364 e. The molecule has 0 fully saturated rings. The third-order valence-electron chi connectivity index (χ3n) is 3.80. The van der Waals surface area contributed by atoms with Gasteiger partial charge < -0.3 is 10.7 Å². The zero-order chi connectivity index (χ0) is 15.3. The number of carbonyl (C=O) groups is 1. The Hall–Kier alpha value is -3.15. The van der Waals surface area contributed by atoms with Gasteiger partial charge in [0.2, 0.25) is 0 Å². The molecule has 1 amide bonds. The molecule has 0 radical (unpaired) electrons. The molecule has 6 heteroatoms. The summed E-state index contributed by atoms with van der Waals surface area (Å²) >= 11 is 0. The van der Waals surface area contributed by atoms with Crippen LogP contribution in [0.4, 0.5) is 0 Å². The van der Waals surface area contributed by atoms with E-state index in [1.165, 1.54) is 5.56 Å². The number of amides is 1. The predicted octanol–water partition coefficient (Wildman–Crippen LogP) is 2.51. The van der Waals surface area contributed by atoms with Gasteiger partial charge >= 0.3 is 0 Å². The van der Waals surface area contributed by atoms with E-state index in [1.807, 2.05) is 13.1 Å². The molecule has 0 saturated heterocycles. The largest absolute Gasteiger partial charge is 0.364 e.